The zero-order valence-corrected chi connectivity index (χ0v) is 19.9. The van der Waals surface area contributed by atoms with Gasteiger partial charge in [0.1, 0.15) is 18.1 Å². The van der Waals surface area contributed by atoms with Crippen molar-refractivity contribution in [3.63, 3.8) is 0 Å². The standard InChI is InChI=1S/C26H22N2O6S/c1-3-16-4-10-19(11-5-16)27-23(29)15-28-24(30)22(35-26(28)32)14-20-12-13-21(34-20)17-6-8-18(9-7-17)25(31)33-2/h4-14H,3,15H2,1-2H3,(H,27,29)/b22-14+. The van der Waals surface area contributed by atoms with E-state index in [1.165, 1.54) is 13.2 Å². The Morgan fingerprint density at radius 2 is 1.74 bits per heavy atom. The number of nitrogens with one attached hydrogen (secondary N) is 1. The number of rotatable bonds is 7. The minimum atomic E-state index is -0.558. The van der Waals surface area contributed by atoms with Crippen LogP contribution in [0.3, 0.4) is 0 Å². The van der Waals surface area contributed by atoms with Gasteiger partial charge in [-0.3, -0.25) is 19.3 Å². The van der Waals surface area contributed by atoms with Gasteiger partial charge in [0.2, 0.25) is 5.91 Å². The predicted octanol–water partition coefficient (Wildman–Crippen LogP) is 4.97. The van der Waals surface area contributed by atoms with Gasteiger partial charge >= 0.3 is 5.97 Å². The molecule has 0 aliphatic carbocycles. The van der Waals surface area contributed by atoms with Crippen LogP contribution in [-0.2, 0) is 20.7 Å². The van der Waals surface area contributed by atoms with Gasteiger partial charge in [0.15, 0.2) is 0 Å². The van der Waals surface area contributed by atoms with Crippen LogP contribution in [0.5, 0.6) is 0 Å². The average Bonchev–Trinajstić information content (AvgIpc) is 3.44. The zero-order valence-electron chi connectivity index (χ0n) is 19.1. The van der Waals surface area contributed by atoms with Gasteiger partial charge in [0, 0.05) is 17.3 Å². The number of benzene rings is 2. The molecule has 8 nitrogen and oxygen atoms in total. The third-order valence-electron chi connectivity index (χ3n) is 5.31. The maximum absolute atomic E-state index is 12.7. The van der Waals surface area contributed by atoms with Crippen molar-refractivity contribution in [1.82, 2.24) is 4.90 Å². The molecule has 3 amide bonds. The van der Waals surface area contributed by atoms with Crippen molar-refractivity contribution in [2.24, 2.45) is 0 Å². The van der Waals surface area contributed by atoms with Gasteiger partial charge in [-0.2, -0.15) is 0 Å². The number of esters is 1. The van der Waals surface area contributed by atoms with Gasteiger partial charge in [-0.1, -0.05) is 31.2 Å². The second-order valence-corrected chi connectivity index (χ2v) is 8.63. The molecule has 1 fully saturated rings. The molecular formula is C26H22N2O6S. The molecule has 0 spiro atoms. The first-order valence-electron chi connectivity index (χ1n) is 10.8. The Labute approximate surface area is 205 Å². The van der Waals surface area contributed by atoms with Crippen molar-refractivity contribution in [3.05, 3.63) is 82.5 Å². The molecule has 9 heteroatoms. The zero-order chi connectivity index (χ0) is 24.9. The Bertz CT molecular complexity index is 1310. The molecule has 0 unspecified atom stereocenters. The van der Waals surface area contributed by atoms with E-state index in [2.05, 4.69) is 10.1 Å². The third-order valence-corrected chi connectivity index (χ3v) is 6.22. The highest BCUT2D eigenvalue weighted by Gasteiger charge is 2.36. The first kappa shape index (κ1) is 24.0. The fourth-order valence-electron chi connectivity index (χ4n) is 3.41. The van der Waals surface area contributed by atoms with Crippen molar-refractivity contribution in [2.45, 2.75) is 13.3 Å². The van der Waals surface area contributed by atoms with Crippen LogP contribution in [0.25, 0.3) is 17.4 Å². The maximum Gasteiger partial charge on any atom is 0.337 e. The number of methoxy groups -OCH3 is 1. The molecule has 1 aliphatic heterocycles. The summed E-state index contributed by atoms with van der Waals surface area (Å²) < 4.78 is 10.5. The van der Waals surface area contributed by atoms with Crippen molar-refractivity contribution in [3.8, 4) is 11.3 Å². The molecule has 0 bridgehead atoms. The Morgan fingerprint density at radius 3 is 2.40 bits per heavy atom. The van der Waals surface area contributed by atoms with E-state index in [0.717, 1.165) is 34.2 Å². The largest absolute Gasteiger partial charge is 0.465 e. The number of amides is 3. The molecule has 2 aromatic carbocycles. The van der Waals surface area contributed by atoms with Crippen LogP contribution < -0.4 is 5.32 Å². The highest BCUT2D eigenvalue weighted by molar-refractivity contribution is 8.18. The quantitative estimate of drug-likeness (QED) is 0.368. The predicted molar refractivity (Wildman–Crippen MR) is 133 cm³/mol. The second-order valence-electron chi connectivity index (χ2n) is 7.64. The Kier molecular flexibility index (Phi) is 7.17. The van der Waals surface area contributed by atoms with E-state index in [0.29, 0.717) is 22.8 Å². The molecule has 1 aromatic heterocycles. The topological polar surface area (TPSA) is 106 Å². The van der Waals surface area contributed by atoms with E-state index < -0.39 is 23.0 Å². The van der Waals surface area contributed by atoms with Gasteiger partial charge in [-0.25, -0.2) is 4.79 Å². The summed E-state index contributed by atoms with van der Waals surface area (Å²) in [7, 11) is 1.31. The molecule has 35 heavy (non-hydrogen) atoms. The lowest BCUT2D eigenvalue weighted by molar-refractivity contribution is -0.127. The molecule has 0 radical (unpaired) electrons. The number of hydrogen-bond acceptors (Lipinski definition) is 7. The van der Waals surface area contributed by atoms with Crippen LogP contribution in [0.1, 0.15) is 28.6 Å². The number of thioether (sulfide) groups is 1. The van der Waals surface area contributed by atoms with Crippen molar-refractivity contribution in [2.75, 3.05) is 19.0 Å². The van der Waals surface area contributed by atoms with Crippen LogP contribution in [0.4, 0.5) is 10.5 Å². The third kappa shape index (κ3) is 5.52. The van der Waals surface area contributed by atoms with Gasteiger partial charge < -0.3 is 14.5 Å². The van der Waals surface area contributed by atoms with E-state index in [4.69, 9.17) is 4.42 Å². The monoisotopic (exact) mass is 490 g/mol. The smallest absolute Gasteiger partial charge is 0.337 e. The van der Waals surface area contributed by atoms with Crippen molar-refractivity contribution >= 4 is 46.5 Å². The normalized spacial score (nSPS) is 14.5. The molecular weight excluding hydrogens is 468 g/mol. The minimum absolute atomic E-state index is 0.164. The number of carbonyl (C=O) groups is 4. The first-order valence-corrected chi connectivity index (χ1v) is 11.6. The van der Waals surface area contributed by atoms with E-state index in [1.807, 2.05) is 19.1 Å². The molecule has 1 saturated heterocycles. The molecule has 178 valence electrons. The SMILES string of the molecule is CCc1ccc(NC(=O)CN2C(=O)S/C(=C/c3ccc(-c4ccc(C(=O)OC)cc4)o3)C2=O)cc1. The second kappa shape index (κ2) is 10.4. The van der Waals surface area contributed by atoms with E-state index in [-0.39, 0.29) is 11.4 Å². The molecule has 0 atom stereocenters. The van der Waals surface area contributed by atoms with Crippen LogP contribution in [-0.4, -0.2) is 41.6 Å². The van der Waals surface area contributed by atoms with Gasteiger partial charge in [-0.15, -0.1) is 0 Å². The number of ether oxygens (including phenoxy) is 1. The van der Waals surface area contributed by atoms with Crippen LogP contribution >= 0.6 is 11.8 Å². The summed E-state index contributed by atoms with van der Waals surface area (Å²) in [5.41, 5.74) is 2.88. The average molecular weight is 491 g/mol. The maximum atomic E-state index is 12.7. The number of anilines is 1. The number of aryl methyl sites for hydroxylation is 1. The van der Waals surface area contributed by atoms with E-state index in [1.54, 1.807) is 48.5 Å². The fourth-order valence-corrected chi connectivity index (χ4v) is 4.23. The van der Waals surface area contributed by atoms with Crippen molar-refractivity contribution < 1.29 is 28.3 Å². The highest BCUT2D eigenvalue weighted by Crippen LogP contribution is 2.33. The Hall–Kier alpha value is -4.11. The van der Waals surface area contributed by atoms with E-state index in [9.17, 15) is 19.2 Å². The van der Waals surface area contributed by atoms with Gasteiger partial charge in [0.25, 0.3) is 11.1 Å². The fraction of sp³-hybridized carbons (Fsp3) is 0.154. The number of carbonyl (C=O) groups excluding carboxylic acids is 4. The summed E-state index contributed by atoms with van der Waals surface area (Å²) in [6.07, 6.45) is 2.36. The molecule has 1 aliphatic rings. The van der Waals surface area contributed by atoms with Crippen molar-refractivity contribution in [1.29, 1.82) is 0 Å². The Morgan fingerprint density at radius 1 is 1.03 bits per heavy atom. The van der Waals surface area contributed by atoms with Crippen LogP contribution in [0.2, 0.25) is 0 Å². The summed E-state index contributed by atoms with van der Waals surface area (Å²) in [6.45, 7) is 1.65. The molecule has 1 N–H and O–H groups in total. The van der Waals surface area contributed by atoms with Crippen LogP contribution in [0, 0.1) is 0 Å². The summed E-state index contributed by atoms with van der Waals surface area (Å²) in [4.78, 5) is 50.2. The van der Waals surface area contributed by atoms with E-state index >= 15 is 0 Å². The van der Waals surface area contributed by atoms with Crippen LogP contribution in [0.15, 0.2) is 70.0 Å². The van der Waals surface area contributed by atoms with Gasteiger partial charge in [0.05, 0.1) is 17.6 Å². The summed E-state index contributed by atoms with van der Waals surface area (Å²) in [6, 6.07) is 17.5. The lowest BCUT2D eigenvalue weighted by Crippen LogP contribution is -2.36. The first-order chi connectivity index (χ1) is 16.9. The number of furan rings is 1. The lowest BCUT2D eigenvalue weighted by atomic mass is 10.1. The summed E-state index contributed by atoms with van der Waals surface area (Å²) in [5, 5.41) is 2.18. The van der Waals surface area contributed by atoms with Gasteiger partial charge in [-0.05, 0) is 60.1 Å². The molecule has 0 saturated carbocycles. The lowest BCUT2D eigenvalue weighted by Gasteiger charge is -2.12. The highest BCUT2D eigenvalue weighted by atomic mass is 32.2. The Balaban J connectivity index is 1.41. The minimum Gasteiger partial charge on any atom is -0.465 e. The number of nitrogens with zero attached hydrogens (tertiary/aromatic N) is 1. The molecule has 4 rings (SSSR count). The number of hydrogen-bond donors (Lipinski definition) is 1. The summed E-state index contributed by atoms with van der Waals surface area (Å²) >= 11 is 0.750. The molecule has 3 aromatic rings. The molecule has 2 heterocycles. The number of imide groups is 1. The summed E-state index contributed by atoms with van der Waals surface area (Å²) in [5.74, 6) is -0.552.